The van der Waals surface area contributed by atoms with Gasteiger partial charge in [0, 0.05) is 19.0 Å². The highest BCUT2D eigenvalue weighted by Gasteiger charge is 2.26. The molecule has 0 fully saturated rings. The Morgan fingerprint density at radius 3 is 2.91 bits per heavy atom. The van der Waals surface area contributed by atoms with Crippen LogP contribution in [0.1, 0.15) is 6.92 Å². The lowest BCUT2D eigenvalue weighted by molar-refractivity contribution is 0.117. The minimum atomic E-state index is -0.747. The van der Waals surface area contributed by atoms with Crippen molar-refractivity contribution in [1.29, 1.82) is 0 Å². The maximum absolute atomic E-state index is 5.88. The number of aliphatic imine (C=N–C) groups is 1. The van der Waals surface area contributed by atoms with Crippen LogP contribution >= 0.6 is 0 Å². The second-order valence-corrected chi connectivity index (χ2v) is 2.52. The Kier molecular flexibility index (Phi) is 2.26. The molecule has 3 N–H and O–H groups in total. The molecule has 0 aromatic heterocycles. The molecule has 0 saturated heterocycles. The molecule has 62 valence electrons. The van der Waals surface area contributed by atoms with Crippen molar-refractivity contribution < 1.29 is 0 Å². The third kappa shape index (κ3) is 1.58. The van der Waals surface area contributed by atoms with Gasteiger partial charge in [-0.15, -0.1) is 0 Å². The first-order valence-corrected chi connectivity index (χ1v) is 3.67. The van der Waals surface area contributed by atoms with Crippen molar-refractivity contribution in [2.24, 2.45) is 10.7 Å². The third-order valence-corrected chi connectivity index (χ3v) is 1.81. The minimum Gasteiger partial charge on any atom is -0.342 e. The minimum absolute atomic E-state index is 0.747. The van der Waals surface area contributed by atoms with Crippen LogP contribution in [-0.2, 0) is 0 Å². The SMILES string of the molecule is CCN(C)C1(N)N=CC=CN1. The fourth-order valence-electron chi connectivity index (χ4n) is 0.858. The van der Waals surface area contributed by atoms with E-state index in [4.69, 9.17) is 5.73 Å². The van der Waals surface area contributed by atoms with Crippen LogP contribution in [0.3, 0.4) is 0 Å². The topological polar surface area (TPSA) is 53.6 Å². The van der Waals surface area contributed by atoms with Crippen molar-refractivity contribution in [2.45, 2.75) is 12.8 Å². The van der Waals surface area contributed by atoms with E-state index < -0.39 is 5.91 Å². The normalized spacial score (nSPS) is 29.1. The summed E-state index contributed by atoms with van der Waals surface area (Å²) in [6.07, 6.45) is 5.30. The molecule has 0 aromatic rings. The molecule has 0 aromatic carbocycles. The summed E-state index contributed by atoms with van der Waals surface area (Å²) in [5.74, 6) is -0.747. The van der Waals surface area contributed by atoms with Crippen LogP contribution in [0.25, 0.3) is 0 Å². The molecule has 1 unspecified atom stereocenters. The van der Waals surface area contributed by atoms with Gasteiger partial charge in [-0.3, -0.25) is 10.6 Å². The lowest BCUT2D eigenvalue weighted by Crippen LogP contribution is -2.62. The number of rotatable bonds is 2. The highest BCUT2D eigenvalue weighted by molar-refractivity contribution is 5.72. The Morgan fingerprint density at radius 2 is 2.45 bits per heavy atom. The van der Waals surface area contributed by atoms with E-state index >= 15 is 0 Å². The molecule has 11 heavy (non-hydrogen) atoms. The van der Waals surface area contributed by atoms with Crippen molar-refractivity contribution in [3.05, 3.63) is 12.3 Å². The van der Waals surface area contributed by atoms with Gasteiger partial charge >= 0.3 is 0 Å². The third-order valence-electron chi connectivity index (χ3n) is 1.81. The van der Waals surface area contributed by atoms with E-state index in [1.165, 1.54) is 0 Å². The summed E-state index contributed by atoms with van der Waals surface area (Å²) in [6.45, 7) is 2.89. The van der Waals surface area contributed by atoms with Gasteiger partial charge in [-0.05, 0) is 13.1 Å². The highest BCUT2D eigenvalue weighted by Crippen LogP contribution is 2.05. The summed E-state index contributed by atoms with van der Waals surface area (Å²) < 4.78 is 0. The van der Waals surface area contributed by atoms with Crippen LogP contribution in [0.4, 0.5) is 0 Å². The first-order valence-electron chi connectivity index (χ1n) is 3.67. The average molecular weight is 154 g/mol. The Balaban J connectivity index is 2.67. The standard InChI is InChI=1S/C7H14N4/c1-3-11(2)7(8)9-5-4-6-10-7/h4-6,9H,3,8H2,1-2H3. The van der Waals surface area contributed by atoms with Crippen LogP contribution in [0.2, 0.25) is 0 Å². The molecule has 0 radical (unpaired) electrons. The fourth-order valence-corrected chi connectivity index (χ4v) is 0.858. The monoisotopic (exact) mass is 154 g/mol. The smallest absolute Gasteiger partial charge is 0.243 e. The molecule has 1 atom stereocenters. The summed E-state index contributed by atoms with van der Waals surface area (Å²) in [7, 11) is 1.92. The van der Waals surface area contributed by atoms with Crippen molar-refractivity contribution >= 4 is 6.21 Å². The quantitative estimate of drug-likeness (QED) is 0.537. The largest absolute Gasteiger partial charge is 0.342 e. The molecule has 1 aliphatic rings. The lowest BCUT2D eigenvalue weighted by atomic mass is 10.4. The molecular formula is C7H14N4. The highest BCUT2D eigenvalue weighted by atomic mass is 15.5. The summed E-state index contributed by atoms with van der Waals surface area (Å²) in [5.41, 5.74) is 5.88. The van der Waals surface area contributed by atoms with E-state index in [0.717, 1.165) is 6.54 Å². The van der Waals surface area contributed by atoms with Gasteiger partial charge in [0.05, 0.1) is 0 Å². The van der Waals surface area contributed by atoms with Gasteiger partial charge < -0.3 is 5.32 Å². The summed E-state index contributed by atoms with van der Waals surface area (Å²) in [6, 6.07) is 0. The molecule has 4 nitrogen and oxygen atoms in total. The van der Waals surface area contributed by atoms with E-state index in [9.17, 15) is 0 Å². The second-order valence-electron chi connectivity index (χ2n) is 2.52. The first kappa shape index (κ1) is 8.23. The predicted octanol–water partition coefficient (Wildman–Crippen LogP) is -0.304. The zero-order valence-electron chi connectivity index (χ0n) is 6.91. The lowest BCUT2D eigenvalue weighted by Gasteiger charge is -2.35. The molecular weight excluding hydrogens is 140 g/mol. The Bertz CT molecular complexity index is 187. The van der Waals surface area contributed by atoms with Crippen molar-refractivity contribution in [1.82, 2.24) is 10.2 Å². The van der Waals surface area contributed by atoms with Crippen LogP contribution in [0.5, 0.6) is 0 Å². The van der Waals surface area contributed by atoms with E-state index in [-0.39, 0.29) is 0 Å². The van der Waals surface area contributed by atoms with Crippen LogP contribution in [0, 0.1) is 0 Å². The molecule has 0 aliphatic carbocycles. The van der Waals surface area contributed by atoms with Gasteiger partial charge in [0.2, 0.25) is 5.91 Å². The number of nitrogens with one attached hydrogen (secondary N) is 1. The van der Waals surface area contributed by atoms with Gasteiger partial charge in [0.1, 0.15) is 0 Å². The van der Waals surface area contributed by atoms with Gasteiger partial charge in [0.15, 0.2) is 0 Å². The zero-order chi connectivity index (χ0) is 8.32. The number of allylic oxidation sites excluding steroid dienone is 1. The molecule has 0 bridgehead atoms. The molecule has 1 rings (SSSR count). The summed E-state index contributed by atoms with van der Waals surface area (Å²) >= 11 is 0. The number of hydrogen-bond acceptors (Lipinski definition) is 4. The van der Waals surface area contributed by atoms with Gasteiger partial charge in [-0.2, -0.15) is 0 Å². The predicted molar refractivity (Wildman–Crippen MR) is 46.0 cm³/mol. The van der Waals surface area contributed by atoms with Gasteiger partial charge in [-0.1, -0.05) is 6.92 Å². The van der Waals surface area contributed by atoms with E-state index in [2.05, 4.69) is 10.3 Å². The van der Waals surface area contributed by atoms with Crippen LogP contribution in [0.15, 0.2) is 17.3 Å². The van der Waals surface area contributed by atoms with E-state index in [0.29, 0.717) is 0 Å². The number of nitrogens with zero attached hydrogens (tertiary/aromatic N) is 2. The molecule has 0 saturated carbocycles. The number of nitrogens with two attached hydrogens (primary N) is 1. The first-order chi connectivity index (χ1) is 5.19. The Labute approximate surface area is 66.8 Å². The molecule has 1 heterocycles. The molecule has 4 heteroatoms. The van der Waals surface area contributed by atoms with Crippen LogP contribution < -0.4 is 11.1 Å². The van der Waals surface area contributed by atoms with Gasteiger partial charge in [0.25, 0.3) is 0 Å². The molecule has 0 amide bonds. The van der Waals surface area contributed by atoms with E-state index in [1.54, 1.807) is 12.4 Å². The van der Waals surface area contributed by atoms with Crippen LogP contribution in [-0.4, -0.2) is 30.6 Å². The number of hydrogen-bond donors (Lipinski definition) is 2. The van der Waals surface area contributed by atoms with Crippen molar-refractivity contribution in [3.63, 3.8) is 0 Å². The summed E-state index contributed by atoms with van der Waals surface area (Å²) in [4.78, 5) is 6.04. The van der Waals surface area contributed by atoms with Gasteiger partial charge in [-0.25, -0.2) is 4.99 Å². The van der Waals surface area contributed by atoms with Crippen molar-refractivity contribution in [3.8, 4) is 0 Å². The maximum atomic E-state index is 5.88. The van der Waals surface area contributed by atoms with Crippen molar-refractivity contribution in [2.75, 3.05) is 13.6 Å². The maximum Gasteiger partial charge on any atom is 0.243 e. The second kappa shape index (κ2) is 3.02. The zero-order valence-corrected chi connectivity index (χ0v) is 6.91. The average Bonchev–Trinajstić information content (AvgIpc) is 2.04. The Morgan fingerprint density at radius 1 is 1.73 bits per heavy atom. The summed E-state index contributed by atoms with van der Waals surface area (Å²) in [5, 5.41) is 2.97. The molecule has 0 spiro atoms. The molecule has 1 aliphatic heterocycles. The Hall–Kier alpha value is -0.870. The fraction of sp³-hybridized carbons (Fsp3) is 0.571. The van der Waals surface area contributed by atoms with E-state index in [1.807, 2.05) is 24.9 Å².